The van der Waals surface area contributed by atoms with Gasteiger partial charge in [0.15, 0.2) is 17.7 Å². The van der Waals surface area contributed by atoms with Gasteiger partial charge in [0.1, 0.15) is 11.5 Å². The Bertz CT molecular complexity index is 382. The summed E-state index contributed by atoms with van der Waals surface area (Å²) in [6.45, 7) is -1.14. The van der Waals surface area contributed by atoms with E-state index in [1.807, 2.05) is 0 Å². The van der Waals surface area contributed by atoms with Crippen molar-refractivity contribution >= 4 is 5.69 Å². The minimum Gasteiger partial charge on any atom is -0.382 e. The van der Waals surface area contributed by atoms with Gasteiger partial charge in [0.25, 0.3) is 0 Å². The van der Waals surface area contributed by atoms with Crippen molar-refractivity contribution in [3.63, 3.8) is 0 Å². The molecular formula is C9H7F6NO. The summed E-state index contributed by atoms with van der Waals surface area (Å²) in [6.07, 6.45) is -7.67. The molecule has 8 heteroatoms. The Morgan fingerprint density at radius 3 is 2.00 bits per heavy atom. The van der Waals surface area contributed by atoms with E-state index in [9.17, 15) is 26.3 Å². The largest absolute Gasteiger partial charge is 0.416 e. The highest BCUT2D eigenvalue weighted by molar-refractivity contribution is 5.46. The molecule has 17 heavy (non-hydrogen) atoms. The van der Waals surface area contributed by atoms with Crippen molar-refractivity contribution in [2.75, 3.05) is 11.9 Å². The lowest BCUT2D eigenvalue weighted by molar-refractivity contribution is -0.198. The zero-order chi connectivity index (χ0) is 13.2. The average molecular weight is 259 g/mol. The minimum absolute atomic E-state index is 0.311. The van der Waals surface area contributed by atoms with E-state index in [-0.39, 0.29) is 0 Å². The Kier molecular flexibility index (Phi) is 3.87. The fraction of sp³-hybridized carbons (Fsp3) is 0.333. The third-order valence-corrected chi connectivity index (χ3v) is 1.86. The normalized spacial score (nSPS) is 13.6. The first kappa shape index (κ1) is 13.6. The summed E-state index contributed by atoms with van der Waals surface area (Å²) in [7, 11) is 0. The molecule has 1 unspecified atom stereocenters. The molecule has 1 aromatic carbocycles. The van der Waals surface area contributed by atoms with Crippen molar-refractivity contribution in [1.29, 1.82) is 0 Å². The summed E-state index contributed by atoms with van der Waals surface area (Å²) in [5.74, 6) is -3.95. The zero-order valence-corrected chi connectivity index (χ0v) is 8.15. The van der Waals surface area contributed by atoms with Gasteiger partial charge in [0.05, 0.1) is 0 Å². The van der Waals surface area contributed by atoms with E-state index in [0.29, 0.717) is 12.1 Å². The quantitative estimate of drug-likeness (QED) is 0.817. The van der Waals surface area contributed by atoms with Crippen molar-refractivity contribution in [1.82, 2.24) is 0 Å². The second kappa shape index (κ2) is 4.82. The molecule has 0 aliphatic rings. The van der Waals surface area contributed by atoms with Crippen LogP contribution in [0.25, 0.3) is 0 Å². The fourth-order valence-electron chi connectivity index (χ4n) is 1.03. The van der Waals surface area contributed by atoms with Crippen LogP contribution in [0.1, 0.15) is 0 Å². The molecule has 0 amide bonds. The molecule has 0 saturated carbocycles. The lowest BCUT2D eigenvalue weighted by atomic mass is 10.2. The summed E-state index contributed by atoms with van der Waals surface area (Å²) in [5.41, 5.74) is -0.922. The van der Waals surface area contributed by atoms with Gasteiger partial charge in [-0.05, 0) is 0 Å². The van der Waals surface area contributed by atoms with Crippen LogP contribution < -0.4 is 5.32 Å². The Hall–Kier alpha value is -1.44. The molecular weight excluding hydrogens is 252 g/mol. The van der Waals surface area contributed by atoms with Gasteiger partial charge in [0, 0.05) is 18.7 Å². The Labute approximate surface area is 91.9 Å². The van der Waals surface area contributed by atoms with Crippen LogP contribution in [0.2, 0.25) is 0 Å². The second-order valence-corrected chi connectivity index (χ2v) is 3.18. The van der Waals surface area contributed by atoms with E-state index in [1.54, 1.807) is 5.32 Å². The molecule has 0 aliphatic carbocycles. The van der Waals surface area contributed by atoms with Crippen LogP contribution >= 0.6 is 0 Å². The first-order valence-corrected chi connectivity index (χ1v) is 4.35. The number of halogens is 6. The van der Waals surface area contributed by atoms with Gasteiger partial charge in [-0.2, -0.15) is 13.2 Å². The number of hydrogen-bond acceptors (Lipinski definition) is 2. The highest BCUT2D eigenvalue weighted by Gasteiger charge is 2.38. The fourth-order valence-corrected chi connectivity index (χ4v) is 1.03. The van der Waals surface area contributed by atoms with Crippen molar-refractivity contribution in [2.24, 2.45) is 0 Å². The van der Waals surface area contributed by atoms with Crippen LogP contribution in [0.4, 0.5) is 32.0 Å². The molecule has 1 aromatic rings. The highest BCUT2D eigenvalue weighted by atomic mass is 19.4. The molecule has 0 aliphatic heterocycles. The molecule has 1 rings (SSSR count). The lowest BCUT2D eigenvalue weighted by Crippen LogP contribution is -2.35. The van der Waals surface area contributed by atoms with Crippen LogP contribution in [0.5, 0.6) is 0 Å². The Balaban J connectivity index is 2.77. The number of rotatable bonds is 3. The molecule has 0 aromatic heterocycles. The number of aliphatic hydroxyl groups is 1. The smallest absolute Gasteiger partial charge is 0.382 e. The van der Waals surface area contributed by atoms with Gasteiger partial charge in [-0.1, -0.05) is 0 Å². The van der Waals surface area contributed by atoms with Crippen molar-refractivity contribution < 1.29 is 31.4 Å². The average Bonchev–Trinajstić information content (AvgIpc) is 2.13. The van der Waals surface area contributed by atoms with Gasteiger partial charge in [-0.3, -0.25) is 0 Å². The molecule has 0 saturated heterocycles. The van der Waals surface area contributed by atoms with Crippen molar-refractivity contribution in [2.45, 2.75) is 12.3 Å². The van der Waals surface area contributed by atoms with Crippen molar-refractivity contribution in [3.8, 4) is 0 Å². The number of aliphatic hydroxyl groups excluding tert-OH is 1. The summed E-state index contributed by atoms with van der Waals surface area (Å²) >= 11 is 0. The summed E-state index contributed by atoms with van der Waals surface area (Å²) in [5, 5.41) is 10.3. The second-order valence-electron chi connectivity index (χ2n) is 3.18. The van der Waals surface area contributed by atoms with Crippen molar-refractivity contribution in [3.05, 3.63) is 29.6 Å². The van der Waals surface area contributed by atoms with Gasteiger partial charge in [-0.25, -0.2) is 13.2 Å². The molecule has 2 N–H and O–H groups in total. The molecule has 0 radical (unpaired) electrons. The number of hydrogen-bond donors (Lipinski definition) is 2. The predicted octanol–water partition coefficient (Wildman–Crippen LogP) is 2.44. The van der Waals surface area contributed by atoms with Gasteiger partial charge < -0.3 is 10.4 Å². The summed E-state index contributed by atoms with van der Waals surface area (Å²) in [4.78, 5) is 0. The molecule has 0 spiro atoms. The van der Waals surface area contributed by atoms with E-state index in [0.717, 1.165) is 0 Å². The van der Waals surface area contributed by atoms with Crippen LogP contribution in [0, 0.1) is 17.5 Å². The number of alkyl halides is 3. The SMILES string of the molecule is OC(CNc1c(F)cc(F)cc1F)C(F)(F)F. The topological polar surface area (TPSA) is 32.3 Å². The van der Waals surface area contributed by atoms with E-state index >= 15 is 0 Å². The van der Waals surface area contributed by atoms with E-state index < -0.39 is 42.0 Å². The molecule has 0 heterocycles. The molecule has 1 atom stereocenters. The number of nitrogens with one attached hydrogen (secondary N) is 1. The van der Waals surface area contributed by atoms with Gasteiger partial charge in [0.2, 0.25) is 0 Å². The predicted molar refractivity (Wildman–Crippen MR) is 46.9 cm³/mol. The van der Waals surface area contributed by atoms with Crippen LogP contribution in [0.15, 0.2) is 12.1 Å². The zero-order valence-electron chi connectivity index (χ0n) is 8.15. The maximum atomic E-state index is 13.0. The highest BCUT2D eigenvalue weighted by Crippen LogP contribution is 2.23. The maximum absolute atomic E-state index is 13.0. The first-order chi connectivity index (χ1) is 7.71. The van der Waals surface area contributed by atoms with Gasteiger partial charge in [-0.15, -0.1) is 0 Å². The van der Waals surface area contributed by atoms with Gasteiger partial charge >= 0.3 is 6.18 Å². The van der Waals surface area contributed by atoms with Crippen LogP contribution in [0.3, 0.4) is 0 Å². The maximum Gasteiger partial charge on any atom is 0.416 e. The monoisotopic (exact) mass is 259 g/mol. The number of benzene rings is 1. The lowest BCUT2D eigenvalue weighted by Gasteiger charge is -2.16. The Morgan fingerprint density at radius 2 is 1.59 bits per heavy atom. The molecule has 0 fully saturated rings. The Morgan fingerprint density at radius 1 is 1.12 bits per heavy atom. The van der Waals surface area contributed by atoms with Crippen LogP contribution in [-0.4, -0.2) is 23.9 Å². The van der Waals surface area contributed by atoms with Crippen LogP contribution in [-0.2, 0) is 0 Å². The molecule has 0 bridgehead atoms. The third-order valence-electron chi connectivity index (χ3n) is 1.86. The molecule has 96 valence electrons. The molecule has 2 nitrogen and oxygen atoms in total. The number of anilines is 1. The van der Waals surface area contributed by atoms with E-state index in [1.165, 1.54) is 0 Å². The summed E-state index contributed by atoms with van der Waals surface area (Å²) < 4.78 is 74.0. The minimum atomic E-state index is -4.90. The standard InChI is InChI=1S/C9H7F6NO/c10-4-1-5(11)8(6(12)2-4)16-3-7(17)9(13,14)15/h1-2,7,16-17H,3H2. The van der Waals surface area contributed by atoms with E-state index in [2.05, 4.69) is 0 Å². The third kappa shape index (κ3) is 3.52. The summed E-state index contributed by atoms with van der Waals surface area (Å²) in [6, 6.07) is 0.622. The van der Waals surface area contributed by atoms with E-state index in [4.69, 9.17) is 5.11 Å². The first-order valence-electron chi connectivity index (χ1n) is 4.35.